The lowest BCUT2D eigenvalue weighted by Gasteiger charge is -2.28. The SMILES string of the molecule is CCNC(=NCC(C1CC1)N(C)C)NC1CCC(O)CC1.I. The average molecular weight is 424 g/mol. The molecule has 2 fully saturated rings. The maximum absolute atomic E-state index is 9.59. The van der Waals surface area contributed by atoms with Gasteiger partial charge in [0.1, 0.15) is 0 Å². The summed E-state index contributed by atoms with van der Waals surface area (Å²) in [6.07, 6.45) is 6.47. The van der Waals surface area contributed by atoms with Gasteiger partial charge in [-0.3, -0.25) is 4.99 Å². The molecule has 130 valence electrons. The van der Waals surface area contributed by atoms with E-state index in [1.54, 1.807) is 0 Å². The molecule has 0 amide bonds. The normalized spacial score (nSPS) is 27.2. The molecule has 2 saturated carbocycles. The maximum Gasteiger partial charge on any atom is 0.191 e. The zero-order valence-corrected chi connectivity index (χ0v) is 16.5. The molecule has 2 aliphatic rings. The summed E-state index contributed by atoms with van der Waals surface area (Å²) in [6, 6.07) is 1.01. The summed E-state index contributed by atoms with van der Waals surface area (Å²) >= 11 is 0. The van der Waals surface area contributed by atoms with Crippen molar-refractivity contribution in [3.05, 3.63) is 0 Å². The second-order valence-electron chi connectivity index (χ2n) is 6.74. The minimum absolute atomic E-state index is 0. The lowest BCUT2D eigenvalue weighted by Crippen LogP contribution is -2.46. The van der Waals surface area contributed by atoms with E-state index >= 15 is 0 Å². The second-order valence-corrected chi connectivity index (χ2v) is 6.74. The minimum atomic E-state index is -0.101. The predicted octanol–water partition coefficient (Wildman–Crippen LogP) is 1.80. The molecule has 0 heterocycles. The van der Waals surface area contributed by atoms with Crippen LogP contribution in [0.5, 0.6) is 0 Å². The Morgan fingerprint density at radius 3 is 2.32 bits per heavy atom. The molecule has 2 aliphatic carbocycles. The van der Waals surface area contributed by atoms with Crippen LogP contribution < -0.4 is 10.6 Å². The first-order valence-electron chi connectivity index (χ1n) is 8.49. The number of aliphatic imine (C=N–C) groups is 1. The highest BCUT2D eigenvalue weighted by molar-refractivity contribution is 14.0. The summed E-state index contributed by atoms with van der Waals surface area (Å²) in [5.41, 5.74) is 0. The number of hydrogen-bond acceptors (Lipinski definition) is 3. The summed E-state index contributed by atoms with van der Waals surface area (Å²) < 4.78 is 0. The Morgan fingerprint density at radius 1 is 1.18 bits per heavy atom. The molecule has 0 bridgehead atoms. The molecule has 5 nitrogen and oxygen atoms in total. The first-order chi connectivity index (χ1) is 10.1. The average Bonchev–Trinajstić information content (AvgIpc) is 3.26. The Labute approximate surface area is 152 Å². The Kier molecular flexibility index (Phi) is 9.01. The smallest absolute Gasteiger partial charge is 0.191 e. The fraction of sp³-hybridized carbons (Fsp3) is 0.938. The van der Waals surface area contributed by atoms with E-state index in [0.29, 0.717) is 12.1 Å². The third-order valence-electron chi connectivity index (χ3n) is 4.65. The van der Waals surface area contributed by atoms with E-state index in [9.17, 15) is 5.11 Å². The quantitative estimate of drug-likeness (QED) is 0.346. The van der Waals surface area contributed by atoms with Crippen LogP contribution in [-0.4, -0.2) is 61.3 Å². The third-order valence-corrected chi connectivity index (χ3v) is 4.65. The van der Waals surface area contributed by atoms with Crippen LogP contribution in [0, 0.1) is 5.92 Å². The molecule has 0 aromatic heterocycles. The number of aliphatic hydroxyl groups is 1. The molecule has 0 saturated heterocycles. The fourth-order valence-electron chi connectivity index (χ4n) is 3.13. The molecule has 6 heteroatoms. The molecular formula is C16H33IN4O. The van der Waals surface area contributed by atoms with Crippen molar-refractivity contribution in [3.8, 4) is 0 Å². The summed E-state index contributed by atoms with van der Waals surface area (Å²) in [4.78, 5) is 7.11. The Morgan fingerprint density at radius 2 is 1.82 bits per heavy atom. The van der Waals surface area contributed by atoms with Crippen LogP contribution in [0.15, 0.2) is 4.99 Å². The third kappa shape index (κ3) is 6.58. The van der Waals surface area contributed by atoms with Gasteiger partial charge in [-0.05, 0) is 65.5 Å². The van der Waals surface area contributed by atoms with Crippen LogP contribution in [0.1, 0.15) is 45.4 Å². The molecule has 1 unspecified atom stereocenters. The Bertz CT molecular complexity index is 337. The number of hydrogen-bond donors (Lipinski definition) is 3. The van der Waals surface area contributed by atoms with Gasteiger partial charge in [-0.15, -0.1) is 24.0 Å². The van der Waals surface area contributed by atoms with Crippen molar-refractivity contribution >= 4 is 29.9 Å². The molecule has 0 aromatic rings. The van der Waals surface area contributed by atoms with Crippen molar-refractivity contribution in [2.24, 2.45) is 10.9 Å². The molecule has 2 rings (SSSR count). The zero-order chi connectivity index (χ0) is 15.2. The molecule has 0 aromatic carbocycles. The van der Waals surface area contributed by atoms with E-state index in [2.05, 4.69) is 36.6 Å². The summed E-state index contributed by atoms with van der Waals surface area (Å²) in [7, 11) is 4.31. The van der Waals surface area contributed by atoms with E-state index < -0.39 is 0 Å². The van der Waals surface area contributed by atoms with Crippen LogP contribution in [-0.2, 0) is 0 Å². The zero-order valence-electron chi connectivity index (χ0n) is 14.2. The van der Waals surface area contributed by atoms with Gasteiger partial charge in [0.05, 0.1) is 12.6 Å². The first-order valence-corrected chi connectivity index (χ1v) is 8.49. The lowest BCUT2D eigenvalue weighted by atomic mass is 9.93. The predicted molar refractivity (Wildman–Crippen MR) is 103 cm³/mol. The van der Waals surface area contributed by atoms with Gasteiger partial charge in [-0.25, -0.2) is 0 Å². The molecule has 0 radical (unpaired) electrons. The summed E-state index contributed by atoms with van der Waals surface area (Å²) in [6.45, 7) is 3.85. The Hall–Kier alpha value is -0.0800. The van der Waals surface area contributed by atoms with E-state index in [4.69, 9.17) is 4.99 Å². The number of halogens is 1. The number of nitrogens with zero attached hydrogens (tertiary/aromatic N) is 2. The van der Waals surface area contributed by atoms with Crippen LogP contribution in [0.25, 0.3) is 0 Å². The van der Waals surface area contributed by atoms with Crippen LogP contribution in [0.4, 0.5) is 0 Å². The fourth-order valence-corrected chi connectivity index (χ4v) is 3.13. The molecule has 0 spiro atoms. The van der Waals surface area contributed by atoms with Gasteiger partial charge in [0.25, 0.3) is 0 Å². The Balaban J connectivity index is 0.00000242. The standard InChI is InChI=1S/C16H32N4O.HI/c1-4-17-16(19-13-7-9-14(21)10-8-13)18-11-15(20(2)3)12-5-6-12;/h12-15,21H,4-11H2,1-3H3,(H2,17,18,19);1H. The molecule has 1 atom stereocenters. The van der Waals surface area contributed by atoms with Gasteiger partial charge in [-0.2, -0.15) is 0 Å². The van der Waals surface area contributed by atoms with E-state index in [-0.39, 0.29) is 30.1 Å². The largest absolute Gasteiger partial charge is 0.393 e. The van der Waals surface area contributed by atoms with E-state index in [1.165, 1.54) is 12.8 Å². The first kappa shape index (κ1) is 20.0. The monoisotopic (exact) mass is 424 g/mol. The highest BCUT2D eigenvalue weighted by Crippen LogP contribution is 2.34. The van der Waals surface area contributed by atoms with Gasteiger partial charge < -0.3 is 20.6 Å². The number of likely N-dealkylation sites (N-methyl/N-ethyl adjacent to an activating group) is 1. The number of rotatable bonds is 6. The van der Waals surface area contributed by atoms with Crippen LogP contribution in [0.3, 0.4) is 0 Å². The van der Waals surface area contributed by atoms with Gasteiger partial charge in [-0.1, -0.05) is 0 Å². The minimum Gasteiger partial charge on any atom is -0.393 e. The van der Waals surface area contributed by atoms with Crippen LogP contribution in [0.2, 0.25) is 0 Å². The van der Waals surface area contributed by atoms with E-state index in [1.807, 2.05) is 0 Å². The number of nitrogens with one attached hydrogen (secondary N) is 2. The van der Waals surface area contributed by atoms with Gasteiger partial charge in [0, 0.05) is 18.6 Å². The summed E-state index contributed by atoms with van der Waals surface area (Å²) in [5.74, 6) is 1.77. The van der Waals surface area contributed by atoms with Crippen molar-refractivity contribution in [3.63, 3.8) is 0 Å². The van der Waals surface area contributed by atoms with Crippen molar-refractivity contribution in [1.82, 2.24) is 15.5 Å². The maximum atomic E-state index is 9.59. The molecule has 0 aliphatic heterocycles. The second kappa shape index (κ2) is 9.93. The van der Waals surface area contributed by atoms with Gasteiger partial charge in [0.2, 0.25) is 0 Å². The van der Waals surface area contributed by atoms with Crippen molar-refractivity contribution in [2.75, 3.05) is 27.2 Å². The van der Waals surface area contributed by atoms with Crippen LogP contribution >= 0.6 is 24.0 Å². The van der Waals surface area contributed by atoms with E-state index in [0.717, 1.165) is 50.7 Å². The topological polar surface area (TPSA) is 59.9 Å². The molecule has 3 N–H and O–H groups in total. The molecule has 22 heavy (non-hydrogen) atoms. The van der Waals surface area contributed by atoms with Crippen molar-refractivity contribution < 1.29 is 5.11 Å². The number of aliphatic hydroxyl groups excluding tert-OH is 1. The highest BCUT2D eigenvalue weighted by atomic mass is 127. The lowest BCUT2D eigenvalue weighted by molar-refractivity contribution is 0.120. The highest BCUT2D eigenvalue weighted by Gasteiger charge is 2.32. The van der Waals surface area contributed by atoms with Crippen molar-refractivity contribution in [1.29, 1.82) is 0 Å². The van der Waals surface area contributed by atoms with Crippen molar-refractivity contribution in [2.45, 2.75) is 63.6 Å². The number of guanidine groups is 1. The summed E-state index contributed by atoms with van der Waals surface area (Å²) in [5, 5.41) is 16.5. The van der Waals surface area contributed by atoms with Gasteiger partial charge in [0.15, 0.2) is 5.96 Å². The van der Waals surface area contributed by atoms with Gasteiger partial charge >= 0.3 is 0 Å². The molecular weight excluding hydrogens is 391 g/mol.